The zero-order valence-corrected chi connectivity index (χ0v) is 29.4. The highest BCUT2D eigenvalue weighted by atomic mass is 16.6. The Kier molecular flexibility index (Phi) is 11.5. The number of carboxylic acid groups (broad SMARTS) is 1. The number of hydrogen-bond acceptors (Lipinski definition) is 6. The minimum absolute atomic E-state index is 0.00592. The lowest BCUT2D eigenvalue weighted by Gasteiger charge is -2.37. The lowest BCUT2D eigenvalue weighted by molar-refractivity contribution is -0.135. The van der Waals surface area contributed by atoms with E-state index in [2.05, 4.69) is 20.8 Å². The normalized spacial score (nSPS) is 16.3. The highest BCUT2D eigenvalue weighted by Crippen LogP contribution is 2.36. The Bertz CT molecular complexity index is 1590. The second-order valence-electron chi connectivity index (χ2n) is 14.7. The van der Waals surface area contributed by atoms with Crippen molar-refractivity contribution >= 4 is 18.1 Å². The molecule has 1 N–H and O–H groups in total. The standard InChI is InChI=1S/C40H50N2O7/c1-27(2)25-48-39(46)41-23-21-30-12-17-34(49-33-18-13-31(14-19-33)40(3,4)5)24-35(30)36(41)37(43)42(38(44)45)22-20-28-10-15-32(16-11-28)47-26-29-8-6-7-9-29/h10-19,24,27,29,36H,6-9,20-23,25-26H2,1-5H3,(H,44,45)/t36-/m0/s1. The summed E-state index contributed by atoms with van der Waals surface area (Å²) in [6.07, 6.45) is 3.69. The molecule has 1 aliphatic carbocycles. The average molecular weight is 671 g/mol. The summed E-state index contributed by atoms with van der Waals surface area (Å²) < 4.78 is 17.7. The summed E-state index contributed by atoms with van der Waals surface area (Å²) in [4.78, 5) is 42.4. The van der Waals surface area contributed by atoms with E-state index in [0.717, 1.165) is 21.8 Å². The van der Waals surface area contributed by atoms with Gasteiger partial charge < -0.3 is 19.3 Å². The predicted molar refractivity (Wildman–Crippen MR) is 188 cm³/mol. The fourth-order valence-corrected chi connectivity index (χ4v) is 6.43. The fourth-order valence-electron chi connectivity index (χ4n) is 6.43. The average Bonchev–Trinajstić information content (AvgIpc) is 3.60. The first-order chi connectivity index (χ1) is 23.4. The van der Waals surface area contributed by atoms with Gasteiger partial charge >= 0.3 is 12.2 Å². The van der Waals surface area contributed by atoms with Gasteiger partial charge in [-0.2, -0.15) is 0 Å². The summed E-state index contributed by atoms with van der Waals surface area (Å²) in [5.74, 6) is 1.87. The van der Waals surface area contributed by atoms with Crippen LogP contribution in [0.3, 0.4) is 0 Å². The molecule has 3 aromatic rings. The summed E-state index contributed by atoms with van der Waals surface area (Å²) in [6.45, 7) is 11.3. The number of benzene rings is 3. The molecule has 0 spiro atoms. The molecular weight excluding hydrogens is 620 g/mol. The summed E-state index contributed by atoms with van der Waals surface area (Å²) in [7, 11) is 0. The van der Waals surface area contributed by atoms with Gasteiger partial charge in [0.1, 0.15) is 23.3 Å². The Labute approximate surface area is 290 Å². The maximum absolute atomic E-state index is 14.3. The van der Waals surface area contributed by atoms with Crippen molar-refractivity contribution in [2.45, 2.75) is 84.6 Å². The van der Waals surface area contributed by atoms with E-state index in [1.165, 1.54) is 36.1 Å². The highest BCUT2D eigenvalue weighted by Gasteiger charge is 2.41. The van der Waals surface area contributed by atoms with Gasteiger partial charge in [-0.05, 0) is 102 Å². The van der Waals surface area contributed by atoms with Gasteiger partial charge in [-0.3, -0.25) is 9.69 Å². The molecule has 1 heterocycles. The second-order valence-corrected chi connectivity index (χ2v) is 14.7. The van der Waals surface area contributed by atoms with Gasteiger partial charge in [-0.25, -0.2) is 14.5 Å². The van der Waals surface area contributed by atoms with E-state index in [1.54, 1.807) is 6.07 Å². The number of rotatable bonds is 11. The monoisotopic (exact) mass is 670 g/mol. The first-order valence-corrected chi connectivity index (χ1v) is 17.5. The third-order valence-electron chi connectivity index (χ3n) is 9.32. The third-order valence-corrected chi connectivity index (χ3v) is 9.32. The summed E-state index contributed by atoms with van der Waals surface area (Å²) in [5, 5.41) is 10.3. The molecule has 3 aromatic carbocycles. The summed E-state index contributed by atoms with van der Waals surface area (Å²) in [6, 6.07) is 19.7. The van der Waals surface area contributed by atoms with Crippen LogP contribution < -0.4 is 9.47 Å². The van der Waals surface area contributed by atoms with Crippen molar-refractivity contribution < 1.29 is 33.7 Å². The van der Waals surface area contributed by atoms with Gasteiger partial charge in [0.25, 0.3) is 5.91 Å². The number of hydrogen-bond donors (Lipinski definition) is 1. The van der Waals surface area contributed by atoms with Crippen LogP contribution in [0.15, 0.2) is 66.7 Å². The minimum Gasteiger partial charge on any atom is -0.493 e. The third kappa shape index (κ3) is 9.34. The molecule has 1 saturated carbocycles. The molecule has 5 rings (SSSR count). The Balaban J connectivity index is 1.36. The first-order valence-electron chi connectivity index (χ1n) is 17.5. The number of ether oxygens (including phenoxy) is 3. The molecule has 9 nitrogen and oxygen atoms in total. The highest BCUT2D eigenvalue weighted by molar-refractivity contribution is 5.97. The molecule has 0 saturated heterocycles. The zero-order chi connectivity index (χ0) is 35.1. The van der Waals surface area contributed by atoms with Crippen molar-refractivity contribution in [3.8, 4) is 17.2 Å². The lowest BCUT2D eigenvalue weighted by Crippen LogP contribution is -2.50. The van der Waals surface area contributed by atoms with Crippen LogP contribution in [0, 0.1) is 11.8 Å². The van der Waals surface area contributed by atoms with Crippen molar-refractivity contribution in [1.29, 1.82) is 0 Å². The smallest absolute Gasteiger partial charge is 0.414 e. The van der Waals surface area contributed by atoms with E-state index in [-0.39, 0.29) is 31.0 Å². The van der Waals surface area contributed by atoms with Crippen LogP contribution in [0.1, 0.15) is 88.6 Å². The molecule has 49 heavy (non-hydrogen) atoms. The molecule has 1 fully saturated rings. The molecular formula is C40H50N2O7. The molecule has 0 radical (unpaired) electrons. The van der Waals surface area contributed by atoms with E-state index in [9.17, 15) is 19.5 Å². The maximum Gasteiger partial charge on any atom is 0.414 e. The van der Waals surface area contributed by atoms with Crippen molar-refractivity contribution in [3.63, 3.8) is 0 Å². The number of carbonyl (C=O) groups is 3. The van der Waals surface area contributed by atoms with Crippen molar-refractivity contribution in [1.82, 2.24) is 9.80 Å². The van der Waals surface area contributed by atoms with Crippen LogP contribution in [0.5, 0.6) is 17.2 Å². The van der Waals surface area contributed by atoms with Crippen molar-refractivity contribution in [2.24, 2.45) is 11.8 Å². The number of amides is 3. The van der Waals surface area contributed by atoms with Crippen LogP contribution in [0.4, 0.5) is 9.59 Å². The summed E-state index contributed by atoms with van der Waals surface area (Å²) in [5.41, 5.74) is 3.41. The summed E-state index contributed by atoms with van der Waals surface area (Å²) >= 11 is 0. The largest absolute Gasteiger partial charge is 0.493 e. The van der Waals surface area contributed by atoms with E-state index >= 15 is 0 Å². The lowest BCUT2D eigenvalue weighted by atomic mass is 9.87. The van der Waals surface area contributed by atoms with Crippen LogP contribution in [-0.4, -0.2) is 59.3 Å². The molecule has 1 aliphatic heterocycles. The van der Waals surface area contributed by atoms with Crippen molar-refractivity contribution in [2.75, 3.05) is 26.3 Å². The zero-order valence-electron chi connectivity index (χ0n) is 29.4. The van der Waals surface area contributed by atoms with Gasteiger partial charge in [-0.1, -0.05) is 77.8 Å². The van der Waals surface area contributed by atoms with Gasteiger partial charge in [0, 0.05) is 13.1 Å². The Morgan fingerprint density at radius 2 is 1.57 bits per heavy atom. The minimum atomic E-state index is -1.38. The Morgan fingerprint density at radius 1 is 0.918 bits per heavy atom. The second kappa shape index (κ2) is 15.8. The Morgan fingerprint density at radius 3 is 2.20 bits per heavy atom. The van der Waals surface area contributed by atoms with Crippen LogP contribution in [-0.2, 0) is 27.8 Å². The number of nitrogens with zero attached hydrogens (tertiary/aromatic N) is 2. The quantitative estimate of drug-likeness (QED) is 0.217. The molecule has 0 aromatic heterocycles. The predicted octanol–water partition coefficient (Wildman–Crippen LogP) is 8.79. The van der Waals surface area contributed by atoms with E-state index in [0.29, 0.717) is 42.4 Å². The van der Waals surface area contributed by atoms with Crippen molar-refractivity contribution in [3.05, 3.63) is 89.0 Å². The van der Waals surface area contributed by atoms with Gasteiger partial charge in [-0.15, -0.1) is 0 Å². The molecule has 262 valence electrons. The number of carbonyl (C=O) groups excluding carboxylic acids is 2. The number of fused-ring (bicyclic) bond motifs is 1. The fraction of sp³-hybridized carbons (Fsp3) is 0.475. The first kappa shape index (κ1) is 35.8. The molecule has 0 unspecified atom stereocenters. The topological polar surface area (TPSA) is 106 Å². The number of imide groups is 1. The molecule has 9 heteroatoms. The molecule has 2 aliphatic rings. The Hall–Kier alpha value is -4.53. The SMILES string of the molecule is CC(C)COC(=O)N1CCc2ccc(Oc3ccc(C(C)(C)C)cc3)cc2[C@H]1C(=O)N(CCc1ccc(OCC2CCCC2)cc1)C(=O)O. The van der Waals surface area contributed by atoms with E-state index < -0.39 is 24.1 Å². The van der Waals surface area contributed by atoms with Crippen LogP contribution >= 0.6 is 0 Å². The van der Waals surface area contributed by atoms with Crippen LogP contribution in [0.25, 0.3) is 0 Å². The van der Waals surface area contributed by atoms with E-state index in [1.807, 2.05) is 74.5 Å². The van der Waals surface area contributed by atoms with Gasteiger partial charge in [0.05, 0.1) is 13.2 Å². The molecule has 0 bridgehead atoms. The van der Waals surface area contributed by atoms with Gasteiger partial charge in [0.15, 0.2) is 0 Å². The van der Waals surface area contributed by atoms with Gasteiger partial charge in [0.2, 0.25) is 0 Å². The van der Waals surface area contributed by atoms with Crippen LogP contribution in [0.2, 0.25) is 0 Å². The van der Waals surface area contributed by atoms with E-state index in [4.69, 9.17) is 14.2 Å². The molecule has 1 atom stereocenters. The maximum atomic E-state index is 14.3. The molecule has 3 amide bonds.